The van der Waals surface area contributed by atoms with E-state index >= 15 is 0 Å². The SMILES string of the molecule is COCC(NC(=O)C1CCCCC1)C(=O)O. The van der Waals surface area contributed by atoms with Gasteiger partial charge in [0.2, 0.25) is 5.91 Å². The zero-order valence-corrected chi connectivity index (χ0v) is 9.57. The molecule has 5 heteroatoms. The van der Waals surface area contributed by atoms with Crippen LogP contribution in [0.25, 0.3) is 0 Å². The molecule has 1 fully saturated rings. The molecule has 5 nitrogen and oxygen atoms in total. The lowest BCUT2D eigenvalue weighted by Gasteiger charge is -2.22. The molecule has 1 aliphatic carbocycles. The number of carbonyl (C=O) groups excluding carboxylic acids is 1. The van der Waals surface area contributed by atoms with Gasteiger partial charge in [0.25, 0.3) is 0 Å². The lowest BCUT2D eigenvalue weighted by Crippen LogP contribution is -2.46. The maximum atomic E-state index is 11.8. The minimum absolute atomic E-state index is 0.00773. The molecule has 1 amide bonds. The fraction of sp³-hybridized carbons (Fsp3) is 0.818. The molecule has 92 valence electrons. The van der Waals surface area contributed by atoms with E-state index in [0.717, 1.165) is 25.7 Å². The Morgan fingerprint density at radius 2 is 2.00 bits per heavy atom. The number of hydrogen-bond acceptors (Lipinski definition) is 3. The molecule has 0 heterocycles. The lowest BCUT2D eigenvalue weighted by molar-refractivity contribution is -0.144. The minimum atomic E-state index is -1.05. The largest absolute Gasteiger partial charge is 0.480 e. The Morgan fingerprint density at radius 3 is 2.50 bits per heavy atom. The van der Waals surface area contributed by atoms with Gasteiger partial charge in [-0.05, 0) is 12.8 Å². The number of methoxy groups -OCH3 is 1. The molecule has 0 radical (unpaired) electrons. The van der Waals surface area contributed by atoms with Crippen molar-refractivity contribution in [3.63, 3.8) is 0 Å². The molecule has 0 aliphatic heterocycles. The molecule has 16 heavy (non-hydrogen) atoms. The van der Waals surface area contributed by atoms with Gasteiger partial charge >= 0.3 is 5.97 Å². The van der Waals surface area contributed by atoms with Gasteiger partial charge in [-0.15, -0.1) is 0 Å². The summed E-state index contributed by atoms with van der Waals surface area (Å²) in [5.41, 5.74) is 0. The Labute approximate surface area is 95.2 Å². The molecule has 1 aliphatic rings. The fourth-order valence-electron chi connectivity index (χ4n) is 2.00. The van der Waals surface area contributed by atoms with Gasteiger partial charge in [0.05, 0.1) is 6.61 Å². The van der Waals surface area contributed by atoms with Crippen LogP contribution in [0.5, 0.6) is 0 Å². The summed E-state index contributed by atoms with van der Waals surface area (Å²) in [6, 6.07) is -0.931. The minimum Gasteiger partial charge on any atom is -0.480 e. The molecule has 1 saturated carbocycles. The molecule has 1 atom stereocenters. The van der Waals surface area contributed by atoms with Crippen LogP contribution < -0.4 is 5.32 Å². The predicted octanol–water partition coefficient (Wildman–Crippen LogP) is 0.782. The molecule has 0 bridgehead atoms. The van der Waals surface area contributed by atoms with Gasteiger partial charge in [0.15, 0.2) is 6.04 Å². The highest BCUT2D eigenvalue weighted by Gasteiger charge is 2.26. The second-order valence-electron chi connectivity index (χ2n) is 4.19. The molecular weight excluding hydrogens is 210 g/mol. The number of carbonyl (C=O) groups is 2. The number of aliphatic carboxylic acids is 1. The van der Waals surface area contributed by atoms with Gasteiger partial charge in [0, 0.05) is 13.0 Å². The molecule has 0 aromatic rings. The number of hydrogen-bond donors (Lipinski definition) is 2. The van der Waals surface area contributed by atoms with Crippen molar-refractivity contribution in [3.8, 4) is 0 Å². The first kappa shape index (κ1) is 13.0. The van der Waals surface area contributed by atoms with E-state index in [9.17, 15) is 9.59 Å². The van der Waals surface area contributed by atoms with Crippen LogP contribution in [0.4, 0.5) is 0 Å². The zero-order valence-electron chi connectivity index (χ0n) is 9.57. The summed E-state index contributed by atoms with van der Waals surface area (Å²) in [5, 5.41) is 11.4. The maximum absolute atomic E-state index is 11.8. The third-order valence-electron chi connectivity index (χ3n) is 2.92. The van der Waals surface area contributed by atoms with Gasteiger partial charge in [-0.3, -0.25) is 4.79 Å². The average Bonchev–Trinajstić information content (AvgIpc) is 2.29. The molecule has 1 unspecified atom stereocenters. The third-order valence-corrected chi connectivity index (χ3v) is 2.92. The number of rotatable bonds is 5. The fourth-order valence-corrected chi connectivity index (χ4v) is 2.00. The van der Waals surface area contributed by atoms with Crippen LogP contribution >= 0.6 is 0 Å². The van der Waals surface area contributed by atoms with Crippen molar-refractivity contribution in [2.75, 3.05) is 13.7 Å². The van der Waals surface area contributed by atoms with Gasteiger partial charge in [0.1, 0.15) is 0 Å². The zero-order chi connectivity index (χ0) is 12.0. The van der Waals surface area contributed by atoms with E-state index in [-0.39, 0.29) is 18.4 Å². The summed E-state index contributed by atoms with van der Waals surface area (Å²) < 4.78 is 4.76. The monoisotopic (exact) mass is 229 g/mol. The predicted molar refractivity (Wildman–Crippen MR) is 58.0 cm³/mol. The van der Waals surface area contributed by atoms with Crippen molar-refractivity contribution in [3.05, 3.63) is 0 Å². The lowest BCUT2D eigenvalue weighted by atomic mass is 9.88. The summed E-state index contributed by atoms with van der Waals surface area (Å²) in [6.07, 6.45) is 5.01. The van der Waals surface area contributed by atoms with Crippen molar-refractivity contribution in [2.45, 2.75) is 38.1 Å². The maximum Gasteiger partial charge on any atom is 0.328 e. The summed E-state index contributed by atoms with van der Waals surface area (Å²) in [6.45, 7) is 0.00773. The van der Waals surface area contributed by atoms with Crippen molar-refractivity contribution in [1.82, 2.24) is 5.32 Å². The quantitative estimate of drug-likeness (QED) is 0.730. The van der Waals surface area contributed by atoms with E-state index in [4.69, 9.17) is 9.84 Å². The van der Waals surface area contributed by atoms with Crippen LogP contribution in [-0.4, -0.2) is 36.7 Å². The third kappa shape index (κ3) is 3.81. The molecular formula is C11H19NO4. The molecule has 0 saturated heterocycles. The first-order valence-corrected chi connectivity index (χ1v) is 5.67. The number of amides is 1. The van der Waals surface area contributed by atoms with Crippen molar-refractivity contribution in [1.29, 1.82) is 0 Å². The van der Waals surface area contributed by atoms with Crippen LogP contribution in [0.1, 0.15) is 32.1 Å². The van der Waals surface area contributed by atoms with Gasteiger partial charge in [-0.2, -0.15) is 0 Å². The number of ether oxygens (including phenoxy) is 1. The van der Waals surface area contributed by atoms with E-state index in [0.29, 0.717) is 0 Å². The number of nitrogens with one attached hydrogen (secondary N) is 1. The molecule has 2 N–H and O–H groups in total. The number of carboxylic acids is 1. The Bertz CT molecular complexity index is 248. The highest BCUT2D eigenvalue weighted by atomic mass is 16.5. The van der Waals surface area contributed by atoms with Gasteiger partial charge in [-0.1, -0.05) is 19.3 Å². The highest BCUT2D eigenvalue weighted by Crippen LogP contribution is 2.23. The molecule has 0 aromatic heterocycles. The Kier molecular flexibility index (Phi) is 5.25. The summed E-state index contributed by atoms with van der Waals surface area (Å²) >= 11 is 0. The van der Waals surface area contributed by atoms with Gasteiger partial charge < -0.3 is 15.2 Å². The smallest absolute Gasteiger partial charge is 0.328 e. The van der Waals surface area contributed by atoms with E-state index in [1.165, 1.54) is 13.5 Å². The Morgan fingerprint density at radius 1 is 1.38 bits per heavy atom. The first-order chi connectivity index (χ1) is 7.65. The van der Waals surface area contributed by atoms with Crippen molar-refractivity contribution < 1.29 is 19.4 Å². The Balaban J connectivity index is 2.43. The van der Waals surface area contributed by atoms with Crippen molar-refractivity contribution >= 4 is 11.9 Å². The van der Waals surface area contributed by atoms with Crippen LogP contribution in [-0.2, 0) is 14.3 Å². The van der Waals surface area contributed by atoms with E-state index in [2.05, 4.69) is 5.32 Å². The van der Waals surface area contributed by atoms with E-state index in [1.54, 1.807) is 0 Å². The molecule has 0 aromatic carbocycles. The standard InChI is InChI=1S/C11H19NO4/c1-16-7-9(11(14)15)12-10(13)8-5-3-2-4-6-8/h8-9H,2-7H2,1H3,(H,12,13)(H,14,15). The summed E-state index contributed by atoms with van der Waals surface area (Å²) in [4.78, 5) is 22.6. The van der Waals surface area contributed by atoms with E-state index < -0.39 is 12.0 Å². The van der Waals surface area contributed by atoms with Crippen LogP contribution in [0.2, 0.25) is 0 Å². The van der Waals surface area contributed by atoms with Crippen LogP contribution in [0.15, 0.2) is 0 Å². The first-order valence-electron chi connectivity index (χ1n) is 5.67. The normalized spacial score (nSPS) is 19.1. The number of carboxylic acid groups (broad SMARTS) is 1. The molecule has 1 rings (SSSR count). The van der Waals surface area contributed by atoms with Crippen LogP contribution in [0, 0.1) is 5.92 Å². The Hall–Kier alpha value is -1.10. The highest BCUT2D eigenvalue weighted by molar-refractivity contribution is 5.85. The average molecular weight is 229 g/mol. The van der Waals surface area contributed by atoms with E-state index in [1.807, 2.05) is 0 Å². The second-order valence-corrected chi connectivity index (χ2v) is 4.19. The summed E-state index contributed by atoms with van der Waals surface area (Å²) in [7, 11) is 1.42. The van der Waals surface area contributed by atoms with Gasteiger partial charge in [-0.25, -0.2) is 4.79 Å². The molecule has 0 spiro atoms. The second kappa shape index (κ2) is 6.48. The summed E-state index contributed by atoms with van der Waals surface area (Å²) in [5.74, 6) is -1.22. The van der Waals surface area contributed by atoms with Crippen LogP contribution in [0.3, 0.4) is 0 Å². The van der Waals surface area contributed by atoms with Crippen molar-refractivity contribution in [2.24, 2.45) is 5.92 Å². The topological polar surface area (TPSA) is 75.6 Å².